The van der Waals surface area contributed by atoms with Crippen molar-refractivity contribution in [3.63, 3.8) is 0 Å². The normalized spacial score (nSPS) is 10.3. The van der Waals surface area contributed by atoms with Crippen LogP contribution in [0.25, 0.3) is 0 Å². The minimum atomic E-state index is -0.811. The van der Waals surface area contributed by atoms with Crippen molar-refractivity contribution in [1.82, 2.24) is 15.4 Å². The van der Waals surface area contributed by atoms with E-state index in [2.05, 4.69) is 20.8 Å². The average molecular weight is 459 g/mol. The van der Waals surface area contributed by atoms with Crippen LogP contribution >= 0.6 is 11.6 Å². The Balaban J connectivity index is 1.84. The van der Waals surface area contributed by atoms with Gasteiger partial charge in [-0.1, -0.05) is 17.7 Å². The Bertz CT molecular complexity index is 1230. The Hall–Kier alpha value is -4.32. The highest BCUT2D eigenvalue weighted by Crippen LogP contribution is 2.34. The van der Waals surface area contributed by atoms with Crippen molar-refractivity contribution in [3.8, 4) is 11.6 Å². The van der Waals surface area contributed by atoms with Gasteiger partial charge in [-0.05, 0) is 49.2 Å². The van der Waals surface area contributed by atoms with Crippen LogP contribution in [0.3, 0.4) is 0 Å². The van der Waals surface area contributed by atoms with Gasteiger partial charge >= 0.3 is 11.6 Å². The lowest BCUT2D eigenvalue weighted by Crippen LogP contribution is -2.30. The second kappa shape index (κ2) is 9.22. The number of nitrogens with zero attached hydrogens (tertiary/aromatic N) is 4. The zero-order chi connectivity index (χ0) is 23.4. The van der Waals surface area contributed by atoms with Crippen molar-refractivity contribution in [2.24, 2.45) is 0 Å². The molecule has 0 saturated heterocycles. The maximum Gasteiger partial charge on any atom is 0.374 e. The third kappa shape index (κ3) is 4.87. The van der Waals surface area contributed by atoms with E-state index in [4.69, 9.17) is 16.3 Å². The van der Waals surface area contributed by atoms with Gasteiger partial charge in [0.15, 0.2) is 0 Å². The number of aromatic nitrogens is 2. The number of aryl methyl sites for hydroxylation is 2. The SMILES string of the molecule is Cc1ccc(Oc2ncnc(NNC(=O)c3ccc(Cl)c([N+](=O)[O-])c3)c2[N+](=O)[O-])cc1C. The number of ether oxygens (including phenoxy) is 1. The molecule has 3 rings (SSSR count). The molecule has 0 unspecified atom stereocenters. The zero-order valence-corrected chi connectivity index (χ0v) is 17.4. The van der Waals surface area contributed by atoms with Gasteiger partial charge in [-0.15, -0.1) is 0 Å². The highest BCUT2D eigenvalue weighted by molar-refractivity contribution is 6.32. The third-order valence-electron chi connectivity index (χ3n) is 4.36. The summed E-state index contributed by atoms with van der Waals surface area (Å²) in [5.74, 6) is -1.17. The van der Waals surface area contributed by atoms with Gasteiger partial charge in [0, 0.05) is 11.6 Å². The van der Waals surface area contributed by atoms with Crippen LogP contribution in [0, 0.1) is 34.1 Å². The Kier molecular flexibility index (Phi) is 6.45. The molecule has 0 spiro atoms. The molecule has 13 heteroatoms. The molecule has 2 N–H and O–H groups in total. The lowest BCUT2D eigenvalue weighted by Gasteiger charge is -2.11. The van der Waals surface area contributed by atoms with E-state index in [-0.39, 0.29) is 22.3 Å². The molecule has 1 aromatic heterocycles. The van der Waals surface area contributed by atoms with E-state index in [0.717, 1.165) is 23.5 Å². The third-order valence-corrected chi connectivity index (χ3v) is 4.68. The average Bonchev–Trinajstić information content (AvgIpc) is 2.74. The van der Waals surface area contributed by atoms with E-state index in [9.17, 15) is 25.0 Å². The van der Waals surface area contributed by atoms with E-state index in [1.54, 1.807) is 18.2 Å². The minimum Gasteiger partial charge on any atom is -0.434 e. The Morgan fingerprint density at radius 1 is 1.03 bits per heavy atom. The number of hydrogen-bond donors (Lipinski definition) is 2. The lowest BCUT2D eigenvalue weighted by atomic mass is 10.1. The van der Waals surface area contributed by atoms with E-state index in [0.29, 0.717) is 5.75 Å². The molecule has 0 atom stereocenters. The summed E-state index contributed by atoms with van der Waals surface area (Å²) < 4.78 is 5.56. The standard InChI is InChI=1S/C19H15ClN6O6/c1-10-3-5-13(7-11(10)2)32-19-16(26(30)31)17(21-9-22-19)23-24-18(27)12-4-6-14(20)15(8-12)25(28)29/h3-9H,1-2H3,(H,24,27)(H,21,22,23). The topological polar surface area (TPSA) is 162 Å². The molecular formula is C19H15ClN6O6. The summed E-state index contributed by atoms with van der Waals surface area (Å²) in [5.41, 5.74) is 5.28. The second-order valence-electron chi connectivity index (χ2n) is 6.48. The minimum absolute atomic E-state index is 0.100. The van der Waals surface area contributed by atoms with Crippen LogP contribution < -0.4 is 15.6 Å². The number of hydrazine groups is 1. The highest BCUT2D eigenvalue weighted by Gasteiger charge is 2.26. The van der Waals surface area contributed by atoms with E-state index < -0.39 is 27.1 Å². The van der Waals surface area contributed by atoms with Crippen LogP contribution in [0.5, 0.6) is 11.6 Å². The number of amides is 1. The maximum absolute atomic E-state index is 12.3. The summed E-state index contributed by atoms with van der Waals surface area (Å²) in [6, 6.07) is 8.55. The molecule has 0 bridgehead atoms. The van der Waals surface area contributed by atoms with Gasteiger partial charge in [-0.25, -0.2) is 4.98 Å². The monoisotopic (exact) mass is 458 g/mol. The Morgan fingerprint density at radius 3 is 2.44 bits per heavy atom. The summed E-state index contributed by atoms with van der Waals surface area (Å²) in [4.78, 5) is 41.1. The molecule has 0 aliphatic carbocycles. The molecule has 1 amide bonds. The molecule has 0 radical (unpaired) electrons. The number of anilines is 1. The van der Waals surface area contributed by atoms with E-state index in [1.165, 1.54) is 12.1 Å². The largest absolute Gasteiger partial charge is 0.434 e. The van der Waals surface area contributed by atoms with Crippen LogP contribution in [0.1, 0.15) is 21.5 Å². The molecule has 0 fully saturated rings. The summed E-state index contributed by atoms with van der Waals surface area (Å²) in [6.45, 7) is 3.77. The van der Waals surface area contributed by atoms with Gasteiger partial charge < -0.3 is 4.74 Å². The van der Waals surface area contributed by atoms with Crippen molar-refractivity contribution in [2.45, 2.75) is 13.8 Å². The fraction of sp³-hybridized carbons (Fsp3) is 0.105. The molecule has 2 aromatic carbocycles. The van der Waals surface area contributed by atoms with Crippen LogP contribution in [0.15, 0.2) is 42.7 Å². The molecular weight excluding hydrogens is 444 g/mol. The van der Waals surface area contributed by atoms with Gasteiger partial charge in [-0.3, -0.25) is 35.9 Å². The maximum atomic E-state index is 12.3. The molecule has 32 heavy (non-hydrogen) atoms. The highest BCUT2D eigenvalue weighted by atomic mass is 35.5. The lowest BCUT2D eigenvalue weighted by molar-refractivity contribution is -0.385. The van der Waals surface area contributed by atoms with Crippen molar-refractivity contribution in [2.75, 3.05) is 5.43 Å². The predicted molar refractivity (Wildman–Crippen MR) is 114 cm³/mol. The molecule has 3 aromatic rings. The van der Waals surface area contributed by atoms with Crippen LogP contribution in [-0.4, -0.2) is 25.7 Å². The predicted octanol–water partition coefficient (Wildman–Crippen LogP) is 4.11. The summed E-state index contributed by atoms with van der Waals surface area (Å²) in [5, 5.41) is 22.5. The van der Waals surface area contributed by atoms with Gasteiger partial charge in [-0.2, -0.15) is 4.98 Å². The molecule has 164 valence electrons. The van der Waals surface area contributed by atoms with Crippen LogP contribution in [-0.2, 0) is 0 Å². The molecule has 12 nitrogen and oxygen atoms in total. The second-order valence-corrected chi connectivity index (χ2v) is 6.89. The molecule has 0 aliphatic heterocycles. The quantitative estimate of drug-likeness (QED) is 0.391. The van der Waals surface area contributed by atoms with Crippen molar-refractivity contribution in [3.05, 3.63) is 84.7 Å². The first kappa shape index (κ1) is 22.4. The zero-order valence-electron chi connectivity index (χ0n) is 16.7. The number of hydrogen-bond acceptors (Lipinski definition) is 9. The smallest absolute Gasteiger partial charge is 0.374 e. The van der Waals surface area contributed by atoms with Crippen molar-refractivity contribution in [1.29, 1.82) is 0 Å². The Labute approximate surface area is 185 Å². The Morgan fingerprint density at radius 2 is 1.78 bits per heavy atom. The first-order valence-electron chi connectivity index (χ1n) is 8.92. The first-order valence-corrected chi connectivity index (χ1v) is 9.30. The van der Waals surface area contributed by atoms with Crippen LogP contribution in [0.2, 0.25) is 5.02 Å². The molecule has 0 saturated carbocycles. The number of nitro groups is 2. The van der Waals surface area contributed by atoms with Crippen molar-refractivity contribution >= 4 is 34.7 Å². The molecule has 1 heterocycles. The number of halogens is 1. The number of carbonyl (C=O) groups is 1. The fourth-order valence-electron chi connectivity index (χ4n) is 2.56. The number of rotatable bonds is 7. The summed E-state index contributed by atoms with van der Waals surface area (Å²) in [6.07, 6.45) is 1.02. The van der Waals surface area contributed by atoms with Gasteiger partial charge in [0.1, 0.15) is 17.1 Å². The summed E-state index contributed by atoms with van der Waals surface area (Å²) in [7, 11) is 0. The number of benzene rings is 2. The van der Waals surface area contributed by atoms with Gasteiger partial charge in [0.2, 0.25) is 5.82 Å². The van der Waals surface area contributed by atoms with E-state index in [1.807, 2.05) is 13.8 Å². The molecule has 0 aliphatic rings. The first-order chi connectivity index (χ1) is 15.2. The number of carbonyl (C=O) groups excluding carboxylic acids is 1. The summed E-state index contributed by atoms with van der Waals surface area (Å²) >= 11 is 5.73. The van der Waals surface area contributed by atoms with Crippen molar-refractivity contribution < 1.29 is 19.4 Å². The van der Waals surface area contributed by atoms with Gasteiger partial charge in [0.25, 0.3) is 11.6 Å². The van der Waals surface area contributed by atoms with Gasteiger partial charge in [0.05, 0.1) is 9.85 Å². The van der Waals surface area contributed by atoms with E-state index >= 15 is 0 Å². The van der Waals surface area contributed by atoms with Crippen LogP contribution in [0.4, 0.5) is 17.2 Å². The number of nitrogens with one attached hydrogen (secondary N) is 2. The number of nitro benzene ring substituents is 1. The fourth-order valence-corrected chi connectivity index (χ4v) is 2.75.